The van der Waals surface area contributed by atoms with E-state index in [0.717, 1.165) is 25.7 Å². The summed E-state index contributed by atoms with van der Waals surface area (Å²) in [4.78, 5) is 11.8. The van der Waals surface area contributed by atoms with Crippen molar-refractivity contribution in [3.63, 3.8) is 0 Å². The lowest BCUT2D eigenvalue weighted by Crippen LogP contribution is -2.49. The minimum atomic E-state index is -0.722. The van der Waals surface area contributed by atoms with E-state index in [2.05, 4.69) is 12.2 Å². The quantitative estimate of drug-likeness (QED) is 0.696. The highest BCUT2D eigenvalue weighted by Gasteiger charge is 2.32. The standard InChI is InChI=1S/C14H28N2O2/c1-10(2)8-12(15)13(17)16-9-14(18)6-4-11(3)5-7-14/h10-12,18H,4-9,15H2,1-3H3,(H,16,17)/t11?,12-,14?/m1/s1. The Balaban J connectivity index is 2.33. The first kappa shape index (κ1) is 15.4. The summed E-state index contributed by atoms with van der Waals surface area (Å²) in [5.41, 5.74) is 5.08. The Morgan fingerprint density at radius 1 is 1.44 bits per heavy atom. The smallest absolute Gasteiger partial charge is 0.237 e. The van der Waals surface area contributed by atoms with Gasteiger partial charge in [-0.3, -0.25) is 4.79 Å². The highest BCUT2D eigenvalue weighted by molar-refractivity contribution is 5.81. The summed E-state index contributed by atoms with van der Waals surface area (Å²) in [7, 11) is 0. The molecule has 0 aromatic heterocycles. The van der Waals surface area contributed by atoms with Crippen LogP contribution >= 0.6 is 0 Å². The van der Waals surface area contributed by atoms with Crippen molar-refractivity contribution in [1.82, 2.24) is 5.32 Å². The molecule has 0 saturated heterocycles. The number of hydrogen-bond acceptors (Lipinski definition) is 3. The molecule has 1 atom stereocenters. The Morgan fingerprint density at radius 3 is 2.50 bits per heavy atom. The fourth-order valence-electron chi connectivity index (χ4n) is 2.47. The fourth-order valence-corrected chi connectivity index (χ4v) is 2.47. The summed E-state index contributed by atoms with van der Waals surface area (Å²) >= 11 is 0. The van der Waals surface area contributed by atoms with Gasteiger partial charge in [-0.25, -0.2) is 0 Å². The summed E-state index contributed by atoms with van der Waals surface area (Å²) in [5.74, 6) is 0.948. The molecule has 0 radical (unpaired) electrons. The highest BCUT2D eigenvalue weighted by Crippen LogP contribution is 2.31. The van der Waals surface area contributed by atoms with Crippen LogP contribution < -0.4 is 11.1 Å². The molecule has 0 aromatic carbocycles. The van der Waals surface area contributed by atoms with Gasteiger partial charge in [0.15, 0.2) is 0 Å². The second-order valence-corrected chi connectivity index (χ2v) is 6.36. The van der Waals surface area contributed by atoms with E-state index in [0.29, 0.717) is 24.8 Å². The van der Waals surface area contributed by atoms with Gasteiger partial charge in [-0.1, -0.05) is 20.8 Å². The normalized spacial score (nSPS) is 30.2. The molecule has 1 saturated carbocycles. The van der Waals surface area contributed by atoms with Crippen LogP contribution in [0.15, 0.2) is 0 Å². The van der Waals surface area contributed by atoms with Gasteiger partial charge in [-0.2, -0.15) is 0 Å². The van der Waals surface area contributed by atoms with Gasteiger partial charge in [-0.05, 0) is 43.9 Å². The van der Waals surface area contributed by atoms with E-state index in [1.54, 1.807) is 0 Å². The van der Waals surface area contributed by atoms with Gasteiger partial charge >= 0.3 is 0 Å². The van der Waals surface area contributed by atoms with Crippen LogP contribution in [0.3, 0.4) is 0 Å². The molecule has 1 amide bonds. The third-order valence-electron chi connectivity index (χ3n) is 3.86. The largest absolute Gasteiger partial charge is 0.388 e. The van der Waals surface area contributed by atoms with E-state index >= 15 is 0 Å². The predicted molar refractivity (Wildman–Crippen MR) is 73.0 cm³/mol. The van der Waals surface area contributed by atoms with Crippen LogP contribution in [0.2, 0.25) is 0 Å². The average molecular weight is 256 g/mol. The molecule has 1 aliphatic rings. The van der Waals surface area contributed by atoms with Gasteiger partial charge < -0.3 is 16.2 Å². The van der Waals surface area contributed by atoms with Crippen molar-refractivity contribution in [2.45, 2.75) is 64.5 Å². The summed E-state index contributed by atoms with van der Waals surface area (Å²) in [6.45, 7) is 6.63. The number of nitrogens with one attached hydrogen (secondary N) is 1. The molecule has 1 fully saturated rings. The van der Waals surface area contributed by atoms with Gasteiger partial charge in [-0.15, -0.1) is 0 Å². The Labute approximate surface area is 110 Å². The number of hydrogen-bond donors (Lipinski definition) is 3. The number of rotatable bonds is 5. The lowest BCUT2D eigenvalue weighted by Gasteiger charge is -2.35. The molecular formula is C14H28N2O2. The van der Waals surface area contributed by atoms with Crippen molar-refractivity contribution >= 4 is 5.91 Å². The molecule has 0 bridgehead atoms. The SMILES string of the molecule is CC(C)C[C@@H](N)C(=O)NCC1(O)CCC(C)CC1. The summed E-state index contributed by atoms with van der Waals surface area (Å²) in [5, 5.41) is 13.1. The Morgan fingerprint density at radius 2 is 2.00 bits per heavy atom. The van der Waals surface area contributed by atoms with Crippen molar-refractivity contribution in [2.75, 3.05) is 6.54 Å². The lowest BCUT2D eigenvalue weighted by molar-refractivity contribution is -0.124. The molecule has 1 rings (SSSR count). The van der Waals surface area contributed by atoms with Crippen LogP contribution in [0.1, 0.15) is 52.9 Å². The van der Waals surface area contributed by atoms with E-state index in [1.807, 2.05) is 13.8 Å². The number of aliphatic hydroxyl groups is 1. The first-order valence-electron chi connectivity index (χ1n) is 7.08. The molecule has 0 unspecified atom stereocenters. The number of carbonyl (C=O) groups is 1. The van der Waals surface area contributed by atoms with E-state index in [-0.39, 0.29) is 5.91 Å². The van der Waals surface area contributed by atoms with Crippen molar-refractivity contribution < 1.29 is 9.90 Å². The Kier molecular flexibility index (Phi) is 5.60. The summed E-state index contributed by atoms with van der Waals surface area (Å²) in [6, 6.07) is -0.462. The number of carbonyl (C=O) groups excluding carboxylic acids is 1. The Bertz CT molecular complexity index is 271. The number of amides is 1. The van der Waals surface area contributed by atoms with Crippen molar-refractivity contribution in [2.24, 2.45) is 17.6 Å². The van der Waals surface area contributed by atoms with Crippen LogP contribution in [0.5, 0.6) is 0 Å². The fraction of sp³-hybridized carbons (Fsp3) is 0.929. The predicted octanol–water partition coefficient (Wildman–Crippen LogP) is 1.42. The van der Waals surface area contributed by atoms with Gasteiger partial charge in [0.25, 0.3) is 0 Å². The first-order valence-corrected chi connectivity index (χ1v) is 7.08. The van der Waals surface area contributed by atoms with E-state index in [1.165, 1.54) is 0 Å². The van der Waals surface area contributed by atoms with Crippen molar-refractivity contribution in [3.8, 4) is 0 Å². The van der Waals surface area contributed by atoms with Crippen LogP contribution in [0, 0.1) is 11.8 Å². The topological polar surface area (TPSA) is 75.4 Å². The van der Waals surface area contributed by atoms with Gasteiger partial charge in [0.2, 0.25) is 5.91 Å². The molecular weight excluding hydrogens is 228 g/mol. The van der Waals surface area contributed by atoms with Crippen LogP contribution in [-0.2, 0) is 4.79 Å². The molecule has 106 valence electrons. The van der Waals surface area contributed by atoms with Crippen LogP contribution in [0.4, 0.5) is 0 Å². The lowest BCUT2D eigenvalue weighted by atomic mass is 9.79. The summed E-state index contributed by atoms with van der Waals surface area (Å²) in [6.07, 6.45) is 4.29. The monoisotopic (exact) mass is 256 g/mol. The molecule has 4 nitrogen and oxygen atoms in total. The first-order chi connectivity index (χ1) is 8.32. The molecule has 4 heteroatoms. The second-order valence-electron chi connectivity index (χ2n) is 6.36. The second kappa shape index (κ2) is 6.53. The molecule has 0 spiro atoms. The molecule has 1 aliphatic carbocycles. The van der Waals surface area contributed by atoms with Crippen LogP contribution in [0.25, 0.3) is 0 Å². The zero-order chi connectivity index (χ0) is 13.8. The molecule has 0 heterocycles. The van der Waals surface area contributed by atoms with Crippen molar-refractivity contribution in [1.29, 1.82) is 0 Å². The molecule has 18 heavy (non-hydrogen) atoms. The minimum absolute atomic E-state index is 0.143. The van der Waals surface area contributed by atoms with Gasteiger partial charge in [0, 0.05) is 6.54 Å². The van der Waals surface area contributed by atoms with E-state index in [9.17, 15) is 9.90 Å². The molecule has 0 aliphatic heterocycles. The molecule has 0 aromatic rings. The maximum absolute atomic E-state index is 11.8. The maximum Gasteiger partial charge on any atom is 0.237 e. The Hall–Kier alpha value is -0.610. The van der Waals surface area contributed by atoms with Gasteiger partial charge in [0.1, 0.15) is 0 Å². The maximum atomic E-state index is 11.8. The number of nitrogens with two attached hydrogens (primary N) is 1. The molecule has 4 N–H and O–H groups in total. The van der Waals surface area contributed by atoms with Gasteiger partial charge in [0.05, 0.1) is 11.6 Å². The minimum Gasteiger partial charge on any atom is -0.388 e. The average Bonchev–Trinajstić information content (AvgIpc) is 2.29. The summed E-state index contributed by atoms with van der Waals surface area (Å²) < 4.78 is 0. The van der Waals surface area contributed by atoms with E-state index < -0.39 is 11.6 Å². The zero-order valence-electron chi connectivity index (χ0n) is 11.9. The van der Waals surface area contributed by atoms with Crippen molar-refractivity contribution in [3.05, 3.63) is 0 Å². The third kappa shape index (κ3) is 4.94. The highest BCUT2D eigenvalue weighted by atomic mass is 16.3. The van der Waals surface area contributed by atoms with Crippen LogP contribution in [-0.4, -0.2) is 29.2 Å². The van der Waals surface area contributed by atoms with E-state index in [4.69, 9.17) is 5.73 Å². The zero-order valence-corrected chi connectivity index (χ0v) is 11.9. The third-order valence-corrected chi connectivity index (χ3v) is 3.86.